The Morgan fingerprint density at radius 3 is 0.941 bits per heavy atom. The summed E-state index contributed by atoms with van der Waals surface area (Å²) in [5.41, 5.74) is 2.87. The fourth-order valence-electron chi connectivity index (χ4n) is 1.55. The summed E-state index contributed by atoms with van der Waals surface area (Å²) in [6.45, 7) is 8.81. The fourth-order valence-corrected chi connectivity index (χ4v) is 1.55. The van der Waals surface area contributed by atoms with Gasteiger partial charge in [0, 0.05) is 0 Å². The molecule has 0 aliphatic rings. The molecule has 0 saturated heterocycles. The molecule has 0 fully saturated rings. The van der Waals surface area contributed by atoms with Crippen LogP contribution in [0.2, 0.25) is 0 Å². The maximum Gasteiger partial charge on any atom is 2.00 e. The van der Waals surface area contributed by atoms with E-state index in [2.05, 4.69) is 76.2 Å². The summed E-state index contributed by atoms with van der Waals surface area (Å²) in [5.74, 6) is 1.37. The minimum absolute atomic E-state index is 0. The molecule has 0 nitrogen and oxygen atoms in total. The molecule has 0 saturated carbocycles. The molecule has 0 spiro atoms. The van der Waals surface area contributed by atoms with Gasteiger partial charge in [-0.3, -0.25) is 0 Å². The van der Waals surface area contributed by atoms with Crippen molar-refractivity contribution in [3.8, 4) is 0 Å². The van der Waals surface area contributed by atoms with Gasteiger partial charge in [0.1, 0.15) is 0 Å². The third kappa shape index (κ3) is 6.68. The van der Waals surface area contributed by atoms with E-state index in [0.717, 1.165) is 0 Å². The smallest absolute Gasteiger partial charge is 0.213 e. The van der Waals surface area contributed by atoms with Gasteiger partial charge in [0.25, 0.3) is 0 Å². The van der Waals surface area contributed by atoms with E-state index in [1.54, 1.807) is 0 Å². The number of hydrogen-bond donors (Lipinski definition) is 0. The third-order valence-electron chi connectivity index (χ3n) is 2.71. The molecule has 2 aromatic carbocycles. The summed E-state index contributed by atoms with van der Waals surface area (Å²) in [6, 6.07) is 16.9. The van der Waals surface area contributed by atoms with Crippen LogP contribution in [-0.4, -0.2) is 48.9 Å². The van der Waals surface area contributed by atoms with Gasteiger partial charge < -0.3 is 0 Å². The fraction of sp³-hybridized carbons (Fsp3) is 0.375. The molecule has 0 bridgehead atoms. The summed E-state index contributed by atoms with van der Waals surface area (Å²) in [7, 11) is 0. The molecule has 0 radical (unpaired) electrons. The Balaban J connectivity index is 0.000000284. The maximum absolute atomic E-state index is 2.20. The average molecular weight is 352 g/mol. The Kier molecular flexibility index (Phi) is 9.38. The van der Waals surface area contributed by atoms with Crippen molar-refractivity contribution in [2.75, 3.05) is 0 Å². The van der Waals surface area contributed by atoms with E-state index >= 15 is 0 Å². The second-order valence-corrected chi connectivity index (χ2v) is 4.75. The van der Waals surface area contributed by atoms with Crippen LogP contribution in [-0.2, 0) is 0 Å². The molecule has 0 aromatic heterocycles. The predicted octanol–water partition coefficient (Wildman–Crippen LogP) is 4.68. The third-order valence-corrected chi connectivity index (χ3v) is 2.71. The Morgan fingerprint density at radius 1 is 0.588 bits per heavy atom. The van der Waals surface area contributed by atoms with Crippen LogP contribution in [0, 0.1) is 0 Å². The molecule has 0 atom stereocenters. The zero-order valence-corrected chi connectivity index (χ0v) is 15.9. The Morgan fingerprint density at radius 2 is 0.824 bits per heavy atom. The second kappa shape index (κ2) is 9.23. The van der Waals surface area contributed by atoms with Crippen molar-refractivity contribution in [2.45, 2.75) is 39.5 Å². The van der Waals surface area contributed by atoms with E-state index in [1.807, 2.05) is 0 Å². The van der Waals surface area contributed by atoms with Crippen LogP contribution in [0.15, 0.2) is 48.5 Å². The van der Waals surface area contributed by atoms with Gasteiger partial charge in [-0.05, 0) is 0 Å². The van der Waals surface area contributed by atoms with Crippen LogP contribution in [0.3, 0.4) is 0 Å². The summed E-state index contributed by atoms with van der Waals surface area (Å²) in [5, 5.41) is 0. The van der Waals surface area contributed by atoms with E-state index in [4.69, 9.17) is 0 Å². The van der Waals surface area contributed by atoms with Gasteiger partial charge in [-0.25, -0.2) is 24.3 Å². The van der Waals surface area contributed by atoms with E-state index in [0.29, 0.717) is 11.8 Å². The molecule has 2 aromatic rings. The van der Waals surface area contributed by atoms with Crippen molar-refractivity contribution < 1.29 is 0 Å². The quantitative estimate of drug-likeness (QED) is 0.544. The molecule has 88 valence electrons. The summed E-state index contributed by atoms with van der Waals surface area (Å²) < 4.78 is 0. The number of hydrogen-bond acceptors (Lipinski definition) is 0. The Bertz CT molecular complexity index is 314. The van der Waals surface area contributed by atoms with Crippen LogP contribution in [0.25, 0.3) is 0 Å². The standard InChI is InChI=1S/2C8H11.Ba/c2*1-7(2)8-5-3-4-6-8;/h2*3-7H,1-2H3;/q2*-1;+2. The molecule has 0 N–H and O–H groups in total. The normalized spacial score (nSPS) is 9.76. The molecule has 1 heteroatoms. The van der Waals surface area contributed by atoms with Gasteiger partial charge in [0.05, 0.1) is 0 Å². The first-order chi connectivity index (χ1) is 7.61. The summed E-state index contributed by atoms with van der Waals surface area (Å²) in [6.07, 6.45) is 0. The van der Waals surface area contributed by atoms with Gasteiger partial charge in [-0.1, -0.05) is 39.5 Å². The molecule has 0 heterocycles. The second-order valence-electron chi connectivity index (χ2n) is 4.75. The van der Waals surface area contributed by atoms with E-state index in [9.17, 15) is 0 Å². The largest absolute Gasteiger partial charge is 2.00 e. The molecule has 0 aliphatic carbocycles. The van der Waals surface area contributed by atoms with Gasteiger partial charge in [0.2, 0.25) is 0 Å². The Labute approximate surface area is 146 Å². The van der Waals surface area contributed by atoms with Crippen LogP contribution in [0.4, 0.5) is 0 Å². The minimum Gasteiger partial charge on any atom is -0.213 e. The van der Waals surface area contributed by atoms with Crippen LogP contribution < -0.4 is 0 Å². The van der Waals surface area contributed by atoms with Crippen molar-refractivity contribution in [1.29, 1.82) is 0 Å². The molecular formula is C16H22Ba. The summed E-state index contributed by atoms with van der Waals surface area (Å²) >= 11 is 0. The van der Waals surface area contributed by atoms with Crippen molar-refractivity contribution in [3.05, 3.63) is 59.7 Å². The SMILES string of the molecule is CC(C)[c-]1cccc1.CC(C)[c-]1cccc1.[Ba+2]. The Hall–Kier alpha value is 0.271. The topological polar surface area (TPSA) is 0 Å². The molecule has 0 amide bonds. The first-order valence-corrected chi connectivity index (χ1v) is 6.04. The van der Waals surface area contributed by atoms with Crippen molar-refractivity contribution in [2.24, 2.45) is 0 Å². The molecular weight excluding hydrogens is 330 g/mol. The molecule has 0 aliphatic heterocycles. The van der Waals surface area contributed by atoms with Crippen molar-refractivity contribution >= 4 is 48.9 Å². The van der Waals surface area contributed by atoms with Gasteiger partial charge >= 0.3 is 48.9 Å². The minimum atomic E-state index is 0. The van der Waals surface area contributed by atoms with Crippen LogP contribution in [0.1, 0.15) is 50.7 Å². The van der Waals surface area contributed by atoms with Gasteiger partial charge in [-0.15, -0.1) is 0 Å². The molecule has 17 heavy (non-hydrogen) atoms. The van der Waals surface area contributed by atoms with E-state index < -0.39 is 0 Å². The van der Waals surface area contributed by atoms with Crippen molar-refractivity contribution in [1.82, 2.24) is 0 Å². The van der Waals surface area contributed by atoms with Crippen LogP contribution in [0.5, 0.6) is 0 Å². The summed E-state index contributed by atoms with van der Waals surface area (Å²) in [4.78, 5) is 0. The molecule has 2 rings (SSSR count). The first-order valence-electron chi connectivity index (χ1n) is 6.04. The van der Waals surface area contributed by atoms with E-state index in [-0.39, 0.29) is 48.9 Å². The maximum atomic E-state index is 2.20. The predicted molar refractivity (Wildman–Crippen MR) is 78.0 cm³/mol. The van der Waals surface area contributed by atoms with Gasteiger partial charge in [-0.2, -0.15) is 35.4 Å². The molecule has 0 unspecified atom stereocenters. The number of rotatable bonds is 2. The van der Waals surface area contributed by atoms with Crippen LogP contribution >= 0.6 is 0 Å². The monoisotopic (exact) mass is 352 g/mol. The first kappa shape index (κ1) is 17.3. The average Bonchev–Trinajstić information content (AvgIpc) is 2.93. The van der Waals surface area contributed by atoms with Gasteiger partial charge in [0.15, 0.2) is 0 Å². The van der Waals surface area contributed by atoms with E-state index in [1.165, 1.54) is 11.1 Å². The zero-order valence-electron chi connectivity index (χ0n) is 11.5. The van der Waals surface area contributed by atoms with Crippen molar-refractivity contribution in [3.63, 3.8) is 0 Å². The zero-order chi connectivity index (χ0) is 12.0.